The minimum Gasteiger partial charge on any atom is -0.457 e. The highest BCUT2D eigenvalue weighted by Gasteiger charge is 2.30. The van der Waals surface area contributed by atoms with Crippen LogP contribution in [0.1, 0.15) is 23.9 Å². The van der Waals surface area contributed by atoms with Crippen LogP contribution in [0.15, 0.2) is 71.3 Å². The van der Waals surface area contributed by atoms with Gasteiger partial charge in [0.1, 0.15) is 0 Å². The molecule has 7 heteroatoms. The number of nitrogens with zero attached hydrogens (tertiary/aromatic N) is 1. The minimum absolute atomic E-state index is 0.0372. The Labute approximate surface area is 173 Å². The van der Waals surface area contributed by atoms with Gasteiger partial charge in [-0.15, -0.1) is 0 Å². The van der Waals surface area contributed by atoms with Crippen LogP contribution in [-0.4, -0.2) is 30.4 Å². The molecule has 0 saturated heterocycles. The summed E-state index contributed by atoms with van der Waals surface area (Å²) in [6.07, 6.45) is 1.55. The molecule has 0 spiro atoms. The van der Waals surface area contributed by atoms with Crippen LogP contribution in [0, 0.1) is 0 Å². The molecule has 1 atom stereocenters. The van der Waals surface area contributed by atoms with E-state index in [-0.39, 0.29) is 24.1 Å². The number of rotatable bonds is 4. The molecule has 3 aromatic rings. The average molecular weight is 404 g/mol. The molecular weight excluding hydrogens is 384 g/mol. The number of carbonyl (C=O) groups is 3. The standard InChI is InChI=1S/C23H20N2O5/c1-15-13-20(26)24-18-9-5-6-10-19(18)25(15)21(27)14-30-23(28)22-17(11-12-29-22)16-7-3-2-4-8-16/h2-12,15H,13-14H2,1H3,(H,24,26). The molecule has 4 rings (SSSR count). The van der Waals surface area contributed by atoms with Crippen LogP contribution in [0.25, 0.3) is 11.1 Å². The van der Waals surface area contributed by atoms with E-state index in [1.54, 1.807) is 37.3 Å². The number of hydrogen-bond donors (Lipinski definition) is 1. The van der Waals surface area contributed by atoms with Crippen molar-refractivity contribution in [3.8, 4) is 11.1 Å². The van der Waals surface area contributed by atoms with Gasteiger partial charge >= 0.3 is 5.97 Å². The lowest BCUT2D eigenvalue weighted by atomic mass is 10.1. The second-order valence-electron chi connectivity index (χ2n) is 6.99. The number of para-hydroxylation sites is 2. The van der Waals surface area contributed by atoms with E-state index in [9.17, 15) is 14.4 Å². The van der Waals surface area contributed by atoms with Gasteiger partial charge in [-0.25, -0.2) is 4.79 Å². The lowest BCUT2D eigenvalue weighted by Crippen LogP contribution is -2.41. The normalized spacial score (nSPS) is 15.7. The number of carbonyl (C=O) groups excluding carboxylic acids is 3. The molecule has 30 heavy (non-hydrogen) atoms. The first kappa shape index (κ1) is 19.4. The molecule has 1 aromatic heterocycles. The topological polar surface area (TPSA) is 88.9 Å². The van der Waals surface area contributed by atoms with Crippen LogP contribution >= 0.6 is 0 Å². The van der Waals surface area contributed by atoms with E-state index in [0.717, 1.165) is 5.56 Å². The summed E-state index contributed by atoms with van der Waals surface area (Å²) in [6.45, 7) is 1.31. The molecule has 7 nitrogen and oxygen atoms in total. The molecule has 1 N–H and O–H groups in total. The number of furan rings is 1. The average Bonchev–Trinajstić information content (AvgIpc) is 3.19. The smallest absolute Gasteiger partial charge is 0.375 e. The summed E-state index contributed by atoms with van der Waals surface area (Å²) in [5, 5.41) is 2.79. The van der Waals surface area contributed by atoms with Crippen LogP contribution in [0.3, 0.4) is 0 Å². The molecule has 2 aromatic carbocycles. The number of ether oxygens (including phenoxy) is 1. The van der Waals surface area contributed by atoms with Crippen molar-refractivity contribution in [1.29, 1.82) is 0 Å². The van der Waals surface area contributed by atoms with Gasteiger partial charge in [0.25, 0.3) is 5.91 Å². The van der Waals surface area contributed by atoms with Crippen molar-refractivity contribution in [2.45, 2.75) is 19.4 Å². The summed E-state index contributed by atoms with van der Waals surface area (Å²) < 4.78 is 10.6. The molecular formula is C23H20N2O5. The van der Waals surface area contributed by atoms with Gasteiger partial charge in [0, 0.05) is 18.0 Å². The van der Waals surface area contributed by atoms with Gasteiger partial charge in [0.15, 0.2) is 6.61 Å². The maximum Gasteiger partial charge on any atom is 0.375 e. The number of benzene rings is 2. The highest BCUT2D eigenvalue weighted by atomic mass is 16.5. The van der Waals surface area contributed by atoms with Gasteiger partial charge in [-0.3, -0.25) is 9.59 Å². The molecule has 2 amide bonds. The van der Waals surface area contributed by atoms with Gasteiger partial charge in [-0.05, 0) is 30.7 Å². The first-order chi connectivity index (χ1) is 14.5. The lowest BCUT2D eigenvalue weighted by molar-refractivity contribution is -0.122. The zero-order chi connectivity index (χ0) is 21.1. The van der Waals surface area contributed by atoms with Gasteiger partial charge in [-0.2, -0.15) is 0 Å². The highest BCUT2D eigenvalue weighted by molar-refractivity contribution is 6.05. The summed E-state index contributed by atoms with van der Waals surface area (Å²) in [5.41, 5.74) is 2.52. The van der Waals surface area contributed by atoms with E-state index in [0.29, 0.717) is 16.9 Å². The minimum atomic E-state index is -0.725. The molecule has 0 bridgehead atoms. The zero-order valence-corrected chi connectivity index (χ0v) is 16.3. The fourth-order valence-corrected chi connectivity index (χ4v) is 3.54. The summed E-state index contributed by atoms with van der Waals surface area (Å²) in [6, 6.07) is 17.6. The highest BCUT2D eigenvalue weighted by Crippen LogP contribution is 2.31. The Hall–Kier alpha value is -3.87. The van der Waals surface area contributed by atoms with Crippen molar-refractivity contribution in [3.05, 3.63) is 72.7 Å². The Kier molecular flexibility index (Phi) is 5.34. The van der Waals surface area contributed by atoms with Crippen molar-refractivity contribution in [1.82, 2.24) is 0 Å². The molecule has 0 aliphatic carbocycles. The molecule has 0 fully saturated rings. The summed E-state index contributed by atoms with van der Waals surface area (Å²) in [7, 11) is 0. The molecule has 2 heterocycles. The quantitative estimate of drug-likeness (QED) is 0.667. The van der Waals surface area contributed by atoms with Gasteiger partial charge in [-0.1, -0.05) is 42.5 Å². The Bertz CT molecular complexity index is 1090. The molecule has 0 radical (unpaired) electrons. The Morgan fingerprint density at radius 2 is 1.83 bits per heavy atom. The second-order valence-corrected chi connectivity index (χ2v) is 6.99. The van der Waals surface area contributed by atoms with E-state index in [1.165, 1.54) is 11.2 Å². The number of hydrogen-bond acceptors (Lipinski definition) is 5. The Balaban J connectivity index is 1.51. The van der Waals surface area contributed by atoms with Crippen LogP contribution in [-0.2, 0) is 14.3 Å². The fourth-order valence-electron chi connectivity index (χ4n) is 3.54. The monoisotopic (exact) mass is 404 g/mol. The molecule has 1 aliphatic rings. The number of amides is 2. The molecule has 1 unspecified atom stereocenters. The van der Waals surface area contributed by atoms with Gasteiger partial charge < -0.3 is 19.4 Å². The van der Waals surface area contributed by atoms with E-state index < -0.39 is 18.5 Å². The molecule has 152 valence electrons. The third-order valence-corrected chi connectivity index (χ3v) is 4.89. The predicted octanol–water partition coefficient (Wildman–Crippen LogP) is 3.87. The zero-order valence-electron chi connectivity index (χ0n) is 16.3. The number of nitrogens with one attached hydrogen (secondary N) is 1. The number of esters is 1. The first-order valence-electron chi connectivity index (χ1n) is 9.55. The SMILES string of the molecule is CC1CC(=O)Nc2ccccc2N1C(=O)COC(=O)c1occc1-c1ccccc1. The molecule has 0 saturated carbocycles. The van der Waals surface area contributed by atoms with E-state index in [1.807, 2.05) is 30.3 Å². The van der Waals surface area contributed by atoms with Gasteiger partial charge in [0.05, 0.1) is 17.6 Å². The summed E-state index contributed by atoms with van der Waals surface area (Å²) in [5.74, 6) is -1.29. The molecule has 1 aliphatic heterocycles. The fraction of sp³-hybridized carbons (Fsp3) is 0.174. The maximum atomic E-state index is 12.9. The predicted molar refractivity (Wildman–Crippen MR) is 111 cm³/mol. The first-order valence-corrected chi connectivity index (χ1v) is 9.55. The largest absolute Gasteiger partial charge is 0.457 e. The van der Waals surface area contributed by atoms with Crippen molar-refractivity contribution in [3.63, 3.8) is 0 Å². The van der Waals surface area contributed by atoms with Crippen molar-refractivity contribution >= 4 is 29.2 Å². The Morgan fingerprint density at radius 3 is 2.63 bits per heavy atom. The van der Waals surface area contributed by atoms with Crippen molar-refractivity contribution < 1.29 is 23.5 Å². The third kappa shape index (κ3) is 3.82. The van der Waals surface area contributed by atoms with Crippen molar-refractivity contribution in [2.75, 3.05) is 16.8 Å². The van der Waals surface area contributed by atoms with Crippen LogP contribution in [0.5, 0.6) is 0 Å². The van der Waals surface area contributed by atoms with E-state index in [2.05, 4.69) is 5.32 Å². The maximum absolute atomic E-state index is 12.9. The number of anilines is 2. The van der Waals surface area contributed by atoms with Crippen molar-refractivity contribution in [2.24, 2.45) is 0 Å². The Morgan fingerprint density at radius 1 is 1.10 bits per heavy atom. The van der Waals surface area contributed by atoms with Gasteiger partial charge in [0.2, 0.25) is 11.7 Å². The van der Waals surface area contributed by atoms with Crippen LogP contribution < -0.4 is 10.2 Å². The lowest BCUT2D eigenvalue weighted by Gasteiger charge is -2.27. The summed E-state index contributed by atoms with van der Waals surface area (Å²) >= 11 is 0. The van der Waals surface area contributed by atoms with E-state index >= 15 is 0 Å². The van der Waals surface area contributed by atoms with E-state index in [4.69, 9.17) is 9.15 Å². The summed E-state index contributed by atoms with van der Waals surface area (Å²) in [4.78, 5) is 39.1. The number of fused-ring (bicyclic) bond motifs is 1. The van der Waals surface area contributed by atoms with Crippen LogP contribution in [0.4, 0.5) is 11.4 Å². The second kappa shape index (κ2) is 8.24. The third-order valence-electron chi connectivity index (χ3n) is 4.89. The van der Waals surface area contributed by atoms with Crippen LogP contribution in [0.2, 0.25) is 0 Å².